The Morgan fingerprint density at radius 3 is 2.32 bits per heavy atom. The quantitative estimate of drug-likeness (QED) is 0.460. The molecule has 4 fully saturated rings. The standard InChI is InChI=1S/C25H44O4P2/c1-14(11-15(2)23(26)27)18-5-6-19-22-20(8-10-25(18,19)4)24(3)9-7-17(28-30)12-16(24)13-21(22)29-31/h14-22H,5-13,30-31H2,1-4H3,(H,26,27)/t14-,15?,16+,17-,18?,19+,20+,21-,22+,24+,25-/m1/s1. The maximum Gasteiger partial charge on any atom is 0.306 e. The van der Waals surface area contributed by atoms with Crippen LogP contribution in [0.5, 0.6) is 0 Å². The van der Waals surface area contributed by atoms with E-state index in [1.54, 1.807) is 0 Å². The molecule has 4 aliphatic carbocycles. The molecule has 0 aromatic carbocycles. The minimum atomic E-state index is -0.650. The van der Waals surface area contributed by atoms with Crippen LogP contribution in [0.3, 0.4) is 0 Å². The number of hydrogen-bond acceptors (Lipinski definition) is 3. The van der Waals surface area contributed by atoms with Crippen LogP contribution in [0.2, 0.25) is 0 Å². The fourth-order valence-electron chi connectivity index (χ4n) is 9.22. The molecule has 0 saturated heterocycles. The average molecular weight is 471 g/mol. The van der Waals surface area contributed by atoms with E-state index in [1.807, 2.05) is 6.92 Å². The molecule has 0 aromatic rings. The van der Waals surface area contributed by atoms with Gasteiger partial charge in [0.1, 0.15) is 0 Å². The Morgan fingerprint density at radius 1 is 1.00 bits per heavy atom. The number of fused-ring (bicyclic) bond motifs is 5. The molecule has 4 unspecified atom stereocenters. The SMILES string of the molecule is CC(C[C@@H](C)C1CC[C@H]2[C@@H]3[C@H](OP)C[C@@H]4C[C@H](OP)CC[C@]4(C)[C@H]3CC[C@]12C)C(=O)O. The molecule has 4 rings (SSSR count). The summed E-state index contributed by atoms with van der Waals surface area (Å²) >= 11 is 0. The molecule has 0 aromatic heterocycles. The van der Waals surface area contributed by atoms with Gasteiger partial charge in [-0.05, 0) is 104 Å². The molecule has 4 saturated carbocycles. The van der Waals surface area contributed by atoms with Gasteiger partial charge in [-0.25, -0.2) is 0 Å². The molecule has 31 heavy (non-hydrogen) atoms. The largest absolute Gasteiger partial charge is 0.481 e. The third-order valence-electron chi connectivity index (χ3n) is 10.9. The number of carbonyl (C=O) groups is 1. The van der Waals surface area contributed by atoms with Gasteiger partial charge in [0.2, 0.25) is 0 Å². The summed E-state index contributed by atoms with van der Waals surface area (Å²) in [5.74, 6) is 2.98. The number of rotatable bonds is 6. The van der Waals surface area contributed by atoms with Crippen LogP contribution in [0.4, 0.5) is 0 Å². The summed E-state index contributed by atoms with van der Waals surface area (Å²) in [6, 6.07) is 0. The zero-order chi connectivity index (χ0) is 22.6. The van der Waals surface area contributed by atoms with E-state index in [-0.39, 0.29) is 5.92 Å². The minimum absolute atomic E-state index is 0.249. The predicted molar refractivity (Wildman–Crippen MR) is 130 cm³/mol. The second-order valence-corrected chi connectivity index (χ2v) is 12.7. The number of carboxylic acid groups (broad SMARTS) is 1. The summed E-state index contributed by atoms with van der Waals surface area (Å²) < 4.78 is 11.9. The molecular formula is C25H44O4P2. The van der Waals surface area contributed by atoms with E-state index in [1.165, 1.54) is 44.9 Å². The lowest BCUT2D eigenvalue weighted by atomic mass is 9.43. The molecule has 6 heteroatoms. The second kappa shape index (κ2) is 9.13. The molecule has 0 amide bonds. The van der Waals surface area contributed by atoms with Crippen molar-refractivity contribution in [3.8, 4) is 0 Å². The summed E-state index contributed by atoms with van der Waals surface area (Å²) in [4.78, 5) is 11.5. The summed E-state index contributed by atoms with van der Waals surface area (Å²) in [5, 5.41) is 9.44. The highest BCUT2D eigenvalue weighted by Crippen LogP contribution is 2.69. The molecule has 4 nitrogen and oxygen atoms in total. The van der Waals surface area contributed by atoms with Crippen molar-refractivity contribution in [1.29, 1.82) is 0 Å². The molecule has 0 aliphatic heterocycles. The topological polar surface area (TPSA) is 55.8 Å². The van der Waals surface area contributed by atoms with Crippen LogP contribution in [0.15, 0.2) is 0 Å². The Morgan fingerprint density at radius 2 is 1.68 bits per heavy atom. The van der Waals surface area contributed by atoms with Crippen LogP contribution in [0.25, 0.3) is 0 Å². The molecule has 0 bridgehead atoms. The molecule has 4 aliphatic rings. The van der Waals surface area contributed by atoms with Crippen molar-refractivity contribution in [2.45, 2.75) is 97.7 Å². The first-order valence-electron chi connectivity index (χ1n) is 12.6. The highest BCUT2D eigenvalue weighted by molar-refractivity contribution is 7.10. The summed E-state index contributed by atoms with van der Waals surface area (Å²) in [6.07, 6.45) is 11.4. The second-order valence-electron chi connectivity index (χ2n) is 12.1. The Bertz CT molecular complexity index is 674. The van der Waals surface area contributed by atoms with Gasteiger partial charge in [-0.15, -0.1) is 0 Å². The van der Waals surface area contributed by atoms with E-state index in [9.17, 15) is 9.90 Å². The number of hydrogen-bond donors (Lipinski definition) is 1. The van der Waals surface area contributed by atoms with Crippen LogP contribution < -0.4 is 0 Å². The van der Waals surface area contributed by atoms with Crippen molar-refractivity contribution in [2.75, 3.05) is 0 Å². The third-order valence-corrected chi connectivity index (χ3v) is 11.6. The number of aliphatic carboxylic acids is 1. The van der Waals surface area contributed by atoms with Crippen LogP contribution in [0.1, 0.15) is 85.5 Å². The van der Waals surface area contributed by atoms with Crippen molar-refractivity contribution in [1.82, 2.24) is 0 Å². The first-order valence-corrected chi connectivity index (χ1v) is 13.5. The fourth-order valence-corrected chi connectivity index (χ4v) is 9.76. The smallest absolute Gasteiger partial charge is 0.306 e. The molecule has 0 spiro atoms. The van der Waals surface area contributed by atoms with Crippen molar-refractivity contribution < 1.29 is 18.9 Å². The van der Waals surface area contributed by atoms with Gasteiger partial charge in [0.25, 0.3) is 0 Å². The average Bonchev–Trinajstić information content (AvgIpc) is 3.09. The Labute approximate surface area is 193 Å². The molecule has 178 valence electrons. The Balaban J connectivity index is 1.57. The van der Waals surface area contributed by atoms with Gasteiger partial charge < -0.3 is 14.2 Å². The molecular weight excluding hydrogens is 426 g/mol. The summed E-state index contributed by atoms with van der Waals surface area (Å²) in [7, 11) is 5.10. The minimum Gasteiger partial charge on any atom is -0.481 e. The van der Waals surface area contributed by atoms with Crippen molar-refractivity contribution in [2.24, 2.45) is 52.3 Å². The van der Waals surface area contributed by atoms with Crippen LogP contribution in [0, 0.1) is 52.3 Å². The zero-order valence-corrected chi connectivity index (χ0v) is 22.2. The highest BCUT2D eigenvalue weighted by Gasteiger charge is 2.63. The van der Waals surface area contributed by atoms with E-state index in [0.29, 0.717) is 52.6 Å². The molecule has 0 radical (unpaired) electrons. The van der Waals surface area contributed by atoms with Gasteiger partial charge in [0.15, 0.2) is 0 Å². The van der Waals surface area contributed by atoms with Crippen LogP contribution >= 0.6 is 18.9 Å². The Kier molecular flexibility index (Phi) is 7.18. The first-order chi connectivity index (χ1) is 14.7. The lowest BCUT2D eigenvalue weighted by molar-refractivity contribution is -0.163. The normalized spacial score (nSPS) is 48.9. The molecule has 1 N–H and O–H groups in total. The van der Waals surface area contributed by atoms with Crippen molar-refractivity contribution in [3.63, 3.8) is 0 Å². The van der Waals surface area contributed by atoms with Gasteiger partial charge in [0, 0.05) is 18.9 Å². The molecule has 0 heterocycles. The van der Waals surface area contributed by atoms with Gasteiger partial charge >= 0.3 is 5.97 Å². The van der Waals surface area contributed by atoms with Crippen LogP contribution in [-0.4, -0.2) is 23.3 Å². The first kappa shape index (κ1) is 24.4. The maximum atomic E-state index is 11.5. The highest BCUT2D eigenvalue weighted by atomic mass is 31.0. The lowest BCUT2D eigenvalue weighted by Gasteiger charge is -2.63. The fraction of sp³-hybridized carbons (Fsp3) is 0.960. The van der Waals surface area contributed by atoms with E-state index >= 15 is 0 Å². The zero-order valence-electron chi connectivity index (χ0n) is 19.9. The van der Waals surface area contributed by atoms with E-state index in [4.69, 9.17) is 9.05 Å². The van der Waals surface area contributed by atoms with Gasteiger partial charge in [0.05, 0.1) is 18.1 Å². The van der Waals surface area contributed by atoms with Crippen LogP contribution in [-0.2, 0) is 13.8 Å². The van der Waals surface area contributed by atoms with E-state index in [0.717, 1.165) is 18.8 Å². The van der Waals surface area contributed by atoms with E-state index in [2.05, 4.69) is 39.7 Å². The monoisotopic (exact) mass is 470 g/mol. The summed E-state index contributed by atoms with van der Waals surface area (Å²) in [5.41, 5.74) is 0.733. The summed E-state index contributed by atoms with van der Waals surface area (Å²) in [6.45, 7) is 9.32. The van der Waals surface area contributed by atoms with Gasteiger partial charge in [-0.1, -0.05) is 27.7 Å². The van der Waals surface area contributed by atoms with Crippen molar-refractivity contribution >= 4 is 24.9 Å². The Hall–Kier alpha value is 0.250. The van der Waals surface area contributed by atoms with Gasteiger partial charge in [-0.2, -0.15) is 0 Å². The predicted octanol–water partition coefficient (Wildman–Crippen LogP) is 6.35. The molecule has 13 atom stereocenters. The van der Waals surface area contributed by atoms with Crippen molar-refractivity contribution in [3.05, 3.63) is 0 Å². The number of carboxylic acids is 1. The van der Waals surface area contributed by atoms with E-state index < -0.39 is 5.97 Å². The third kappa shape index (κ3) is 4.05. The maximum absolute atomic E-state index is 11.5. The van der Waals surface area contributed by atoms with Gasteiger partial charge in [-0.3, -0.25) is 4.79 Å². The lowest BCUT2D eigenvalue weighted by Crippen LogP contribution is -2.58.